The Morgan fingerprint density at radius 3 is 2.79 bits per heavy atom. The second-order valence-electron chi connectivity index (χ2n) is 4.47. The van der Waals surface area contributed by atoms with Crippen molar-refractivity contribution in [2.45, 2.75) is 57.9 Å². The minimum Gasteiger partial charge on any atom is -0.314 e. The van der Waals surface area contributed by atoms with E-state index in [9.17, 15) is 0 Å². The van der Waals surface area contributed by atoms with Crippen LogP contribution in [0.1, 0.15) is 51.9 Å². The molecule has 0 aromatic rings. The summed E-state index contributed by atoms with van der Waals surface area (Å²) in [6.45, 7) is 3.45. The Balaban J connectivity index is 2.00. The molecule has 1 rings (SSSR count). The first-order chi connectivity index (χ1) is 6.88. The molecule has 84 valence electrons. The first-order valence-corrected chi connectivity index (χ1v) is 6.71. The summed E-state index contributed by atoms with van der Waals surface area (Å²) in [5, 5.41) is 3.66. The fraction of sp³-hybridized carbons (Fsp3) is 1.00. The van der Waals surface area contributed by atoms with Gasteiger partial charge in [-0.25, -0.2) is 0 Å². The minimum atomic E-state index is 0.717. The van der Waals surface area contributed by atoms with E-state index in [0.29, 0.717) is 6.04 Å². The Morgan fingerprint density at radius 1 is 1.21 bits per heavy atom. The van der Waals surface area contributed by atoms with Crippen molar-refractivity contribution in [2.75, 3.05) is 12.4 Å². The molecule has 2 heteroatoms. The van der Waals surface area contributed by atoms with Crippen LogP contribution in [0.25, 0.3) is 0 Å². The summed E-state index contributed by atoms with van der Waals surface area (Å²) in [6, 6.07) is 0.717. The quantitative estimate of drug-likeness (QED) is 0.508. The van der Waals surface area contributed by atoms with Crippen molar-refractivity contribution in [2.24, 2.45) is 5.92 Å². The summed E-state index contributed by atoms with van der Waals surface area (Å²) in [6.07, 6.45) is 9.45. The van der Waals surface area contributed by atoms with Crippen molar-refractivity contribution in [3.8, 4) is 0 Å². The Kier molecular flexibility index (Phi) is 6.63. The summed E-state index contributed by atoms with van der Waals surface area (Å²) >= 11 is 5.93. The third-order valence-corrected chi connectivity index (χ3v) is 3.69. The summed E-state index contributed by atoms with van der Waals surface area (Å²) in [5.74, 6) is 1.58. The molecule has 0 bridgehead atoms. The van der Waals surface area contributed by atoms with Crippen molar-refractivity contribution in [1.29, 1.82) is 0 Å². The van der Waals surface area contributed by atoms with Crippen LogP contribution >= 0.6 is 11.6 Å². The van der Waals surface area contributed by atoms with Crippen molar-refractivity contribution >= 4 is 11.6 Å². The van der Waals surface area contributed by atoms with E-state index in [1.165, 1.54) is 51.5 Å². The molecule has 0 aromatic heterocycles. The molecular formula is C12H24ClN. The molecule has 0 amide bonds. The Bertz CT molecular complexity index is 138. The molecule has 2 unspecified atom stereocenters. The standard InChI is InChI=1S/C12H24ClN/c1-2-3-4-5-9-14-12-8-6-7-11(12)10-13/h11-12,14H,2-10H2,1H3. The molecule has 1 fully saturated rings. The number of unbranched alkanes of at least 4 members (excludes halogenated alkanes) is 3. The van der Waals surface area contributed by atoms with E-state index in [4.69, 9.17) is 11.6 Å². The summed E-state index contributed by atoms with van der Waals surface area (Å²) in [5.41, 5.74) is 0. The van der Waals surface area contributed by atoms with Gasteiger partial charge < -0.3 is 5.32 Å². The van der Waals surface area contributed by atoms with Gasteiger partial charge in [0, 0.05) is 11.9 Å². The van der Waals surface area contributed by atoms with Gasteiger partial charge in [0.1, 0.15) is 0 Å². The number of nitrogens with one attached hydrogen (secondary N) is 1. The minimum absolute atomic E-state index is 0.717. The Hall–Kier alpha value is 0.250. The molecule has 0 spiro atoms. The lowest BCUT2D eigenvalue weighted by Gasteiger charge is -2.18. The number of hydrogen-bond donors (Lipinski definition) is 1. The van der Waals surface area contributed by atoms with Gasteiger partial charge in [0.05, 0.1) is 0 Å². The Morgan fingerprint density at radius 2 is 2.07 bits per heavy atom. The van der Waals surface area contributed by atoms with Crippen LogP contribution in [0.2, 0.25) is 0 Å². The lowest BCUT2D eigenvalue weighted by Crippen LogP contribution is -2.33. The molecule has 1 nitrogen and oxygen atoms in total. The van der Waals surface area contributed by atoms with Crippen LogP contribution in [0.4, 0.5) is 0 Å². The first-order valence-electron chi connectivity index (χ1n) is 6.17. The summed E-state index contributed by atoms with van der Waals surface area (Å²) in [4.78, 5) is 0. The molecule has 2 atom stereocenters. The smallest absolute Gasteiger partial charge is 0.0266 e. The fourth-order valence-electron chi connectivity index (χ4n) is 2.33. The molecule has 0 aromatic carbocycles. The van der Waals surface area contributed by atoms with Gasteiger partial charge in [-0.2, -0.15) is 0 Å². The Labute approximate surface area is 93.6 Å². The largest absolute Gasteiger partial charge is 0.314 e. The van der Waals surface area contributed by atoms with E-state index < -0.39 is 0 Å². The number of rotatable bonds is 7. The van der Waals surface area contributed by atoms with Crippen LogP contribution < -0.4 is 5.32 Å². The molecular weight excluding hydrogens is 194 g/mol. The van der Waals surface area contributed by atoms with E-state index in [1.807, 2.05) is 0 Å². The topological polar surface area (TPSA) is 12.0 Å². The van der Waals surface area contributed by atoms with Crippen LogP contribution in [-0.2, 0) is 0 Å². The van der Waals surface area contributed by atoms with E-state index in [1.54, 1.807) is 0 Å². The summed E-state index contributed by atoms with van der Waals surface area (Å²) in [7, 11) is 0. The number of alkyl halides is 1. The molecule has 0 saturated heterocycles. The van der Waals surface area contributed by atoms with Crippen molar-refractivity contribution < 1.29 is 0 Å². The van der Waals surface area contributed by atoms with Crippen LogP contribution in [0, 0.1) is 5.92 Å². The molecule has 1 aliphatic carbocycles. The van der Waals surface area contributed by atoms with Crippen molar-refractivity contribution in [3.63, 3.8) is 0 Å². The summed E-state index contributed by atoms with van der Waals surface area (Å²) < 4.78 is 0. The highest BCUT2D eigenvalue weighted by Gasteiger charge is 2.25. The molecule has 1 aliphatic rings. The van der Waals surface area contributed by atoms with Crippen molar-refractivity contribution in [3.05, 3.63) is 0 Å². The third-order valence-electron chi connectivity index (χ3n) is 3.29. The van der Waals surface area contributed by atoms with Gasteiger partial charge in [0.2, 0.25) is 0 Å². The van der Waals surface area contributed by atoms with Crippen LogP contribution in [-0.4, -0.2) is 18.5 Å². The van der Waals surface area contributed by atoms with Gasteiger partial charge in [-0.05, 0) is 31.7 Å². The zero-order chi connectivity index (χ0) is 10.2. The highest BCUT2D eigenvalue weighted by atomic mass is 35.5. The molecule has 14 heavy (non-hydrogen) atoms. The van der Waals surface area contributed by atoms with Gasteiger partial charge in [-0.3, -0.25) is 0 Å². The highest BCUT2D eigenvalue weighted by molar-refractivity contribution is 6.18. The fourth-order valence-corrected chi connectivity index (χ4v) is 2.70. The third kappa shape index (κ3) is 4.18. The maximum Gasteiger partial charge on any atom is 0.0266 e. The predicted molar refractivity (Wildman–Crippen MR) is 64.0 cm³/mol. The average molecular weight is 218 g/mol. The molecule has 0 aliphatic heterocycles. The normalized spacial score (nSPS) is 27.0. The average Bonchev–Trinajstić information content (AvgIpc) is 2.65. The van der Waals surface area contributed by atoms with Gasteiger partial charge in [-0.15, -0.1) is 11.6 Å². The lowest BCUT2D eigenvalue weighted by molar-refractivity contribution is 0.423. The maximum absolute atomic E-state index is 5.93. The lowest BCUT2D eigenvalue weighted by atomic mass is 10.1. The SMILES string of the molecule is CCCCCCNC1CCCC1CCl. The van der Waals surface area contributed by atoms with E-state index in [2.05, 4.69) is 12.2 Å². The van der Waals surface area contributed by atoms with Crippen LogP contribution in [0.3, 0.4) is 0 Å². The number of hydrogen-bond acceptors (Lipinski definition) is 1. The van der Waals surface area contributed by atoms with Gasteiger partial charge in [-0.1, -0.05) is 32.6 Å². The van der Waals surface area contributed by atoms with Gasteiger partial charge in [0.15, 0.2) is 0 Å². The molecule has 0 radical (unpaired) electrons. The van der Waals surface area contributed by atoms with E-state index in [0.717, 1.165) is 11.8 Å². The molecule has 1 saturated carbocycles. The van der Waals surface area contributed by atoms with Gasteiger partial charge in [0.25, 0.3) is 0 Å². The van der Waals surface area contributed by atoms with Gasteiger partial charge >= 0.3 is 0 Å². The van der Waals surface area contributed by atoms with E-state index >= 15 is 0 Å². The zero-order valence-corrected chi connectivity index (χ0v) is 10.2. The first kappa shape index (κ1) is 12.3. The van der Waals surface area contributed by atoms with E-state index in [-0.39, 0.29) is 0 Å². The monoisotopic (exact) mass is 217 g/mol. The predicted octanol–water partition coefficient (Wildman–Crippen LogP) is 3.56. The highest BCUT2D eigenvalue weighted by Crippen LogP contribution is 2.26. The van der Waals surface area contributed by atoms with Crippen LogP contribution in [0.15, 0.2) is 0 Å². The second kappa shape index (κ2) is 7.53. The maximum atomic E-state index is 5.93. The number of halogens is 1. The van der Waals surface area contributed by atoms with Crippen LogP contribution in [0.5, 0.6) is 0 Å². The van der Waals surface area contributed by atoms with Crippen molar-refractivity contribution in [1.82, 2.24) is 5.32 Å². The molecule has 0 heterocycles. The molecule has 1 N–H and O–H groups in total. The zero-order valence-electron chi connectivity index (χ0n) is 9.40. The second-order valence-corrected chi connectivity index (χ2v) is 4.78.